The molecule has 4 nitrogen and oxygen atoms in total. The quantitative estimate of drug-likeness (QED) is 0.630. The van der Waals surface area contributed by atoms with Gasteiger partial charge in [-0.2, -0.15) is 5.10 Å². The Morgan fingerprint density at radius 3 is 2.71 bits per heavy atom. The number of H-pyrrole nitrogens is 1. The number of aromatic hydroxyl groups is 1. The number of phenolic OH excluding ortho intramolecular Hbond substituents is 1. The van der Waals surface area contributed by atoms with Crippen molar-refractivity contribution in [3.63, 3.8) is 0 Å². The summed E-state index contributed by atoms with van der Waals surface area (Å²) in [5, 5.41) is 16.9. The topological polar surface area (TPSA) is 74.9 Å². The molecule has 0 atom stereocenters. The summed E-state index contributed by atoms with van der Waals surface area (Å²) in [5.74, 6) is -0.681. The van der Waals surface area contributed by atoms with Gasteiger partial charge in [0.15, 0.2) is 0 Å². The highest BCUT2D eigenvalue weighted by Gasteiger charge is 2.16. The Morgan fingerprint density at radius 1 is 1.19 bits per heavy atom. The van der Waals surface area contributed by atoms with E-state index in [0.717, 1.165) is 22.9 Å². The Bertz CT molecular complexity index is 811. The van der Waals surface area contributed by atoms with Gasteiger partial charge in [-0.1, -0.05) is 24.3 Å². The van der Waals surface area contributed by atoms with Crippen molar-refractivity contribution in [3.05, 3.63) is 53.8 Å². The lowest BCUT2D eigenvalue weighted by molar-refractivity contribution is 0.475. The maximum atomic E-state index is 13.6. The van der Waals surface area contributed by atoms with E-state index in [1.807, 2.05) is 31.2 Å². The van der Waals surface area contributed by atoms with Crippen LogP contribution in [0.4, 0.5) is 10.1 Å². The van der Waals surface area contributed by atoms with E-state index < -0.39 is 5.82 Å². The standard InChI is InChI=1S/C16H14FN3O/c1-9-4-2-3-5-10(9)12-8-13(20-19-12)15-14(21)7-6-11(17)16(15)18/h2-8,21H,18H2,1H3,(H,19,20). The molecule has 3 rings (SSSR count). The summed E-state index contributed by atoms with van der Waals surface area (Å²) >= 11 is 0. The van der Waals surface area contributed by atoms with E-state index in [4.69, 9.17) is 5.73 Å². The van der Waals surface area contributed by atoms with E-state index in [0.29, 0.717) is 5.69 Å². The van der Waals surface area contributed by atoms with Crippen molar-refractivity contribution in [2.45, 2.75) is 6.92 Å². The Labute approximate surface area is 121 Å². The number of hydrogen-bond donors (Lipinski definition) is 3. The molecular formula is C16H14FN3O. The summed E-state index contributed by atoms with van der Waals surface area (Å²) in [6.45, 7) is 1.99. The number of rotatable bonds is 2. The van der Waals surface area contributed by atoms with Gasteiger partial charge in [-0.05, 0) is 30.7 Å². The first kappa shape index (κ1) is 13.2. The molecule has 0 aliphatic heterocycles. The molecule has 0 unspecified atom stereocenters. The van der Waals surface area contributed by atoms with Crippen molar-refractivity contribution >= 4 is 5.69 Å². The third kappa shape index (κ3) is 2.23. The van der Waals surface area contributed by atoms with Crippen LogP contribution in [0.5, 0.6) is 5.75 Å². The molecule has 0 aliphatic carbocycles. The second-order valence-corrected chi connectivity index (χ2v) is 4.84. The highest BCUT2D eigenvalue weighted by atomic mass is 19.1. The fourth-order valence-corrected chi connectivity index (χ4v) is 2.31. The smallest absolute Gasteiger partial charge is 0.147 e. The van der Waals surface area contributed by atoms with Crippen molar-refractivity contribution in [1.29, 1.82) is 0 Å². The van der Waals surface area contributed by atoms with Crippen LogP contribution >= 0.6 is 0 Å². The monoisotopic (exact) mass is 283 g/mol. The fourth-order valence-electron chi connectivity index (χ4n) is 2.31. The lowest BCUT2D eigenvalue weighted by Gasteiger charge is -2.06. The van der Waals surface area contributed by atoms with Gasteiger partial charge in [0.2, 0.25) is 0 Å². The summed E-state index contributed by atoms with van der Waals surface area (Å²) in [6, 6.07) is 12.0. The fraction of sp³-hybridized carbons (Fsp3) is 0.0625. The average Bonchev–Trinajstić information content (AvgIpc) is 2.93. The van der Waals surface area contributed by atoms with E-state index in [1.165, 1.54) is 6.07 Å². The zero-order chi connectivity index (χ0) is 15.0. The lowest BCUT2D eigenvalue weighted by Crippen LogP contribution is -1.95. The van der Waals surface area contributed by atoms with Crippen LogP contribution in [0.2, 0.25) is 0 Å². The van der Waals surface area contributed by atoms with Crippen molar-refractivity contribution in [2.75, 3.05) is 5.73 Å². The molecule has 4 N–H and O–H groups in total. The summed E-state index contributed by atoms with van der Waals surface area (Å²) in [7, 11) is 0. The number of phenols is 1. The molecule has 5 heteroatoms. The van der Waals surface area contributed by atoms with Crippen molar-refractivity contribution in [2.24, 2.45) is 0 Å². The number of nitrogens with zero attached hydrogens (tertiary/aromatic N) is 1. The van der Waals surface area contributed by atoms with Gasteiger partial charge in [0.25, 0.3) is 0 Å². The number of nitrogen functional groups attached to an aromatic ring is 1. The minimum atomic E-state index is -0.580. The molecule has 0 saturated carbocycles. The first-order valence-corrected chi connectivity index (χ1v) is 6.46. The number of halogens is 1. The summed E-state index contributed by atoms with van der Waals surface area (Å²) in [5.41, 5.74) is 9.06. The molecule has 2 aromatic carbocycles. The number of nitrogens with two attached hydrogens (primary N) is 1. The lowest BCUT2D eigenvalue weighted by atomic mass is 10.0. The molecule has 0 aliphatic rings. The minimum absolute atomic E-state index is 0.100. The number of nitrogens with one attached hydrogen (secondary N) is 1. The number of hydrogen-bond acceptors (Lipinski definition) is 3. The zero-order valence-electron chi connectivity index (χ0n) is 11.4. The number of aromatic amines is 1. The van der Waals surface area contributed by atoms with Crippen LogP contribution in [0.25, 0.3) is 22.5 Å². The van der Waals surface area contributed by atoms with E-state index in [2.05, 4.69) is 10.2 Å². The molecule has 0 radical (unpaired) electrons. The molecule has 3 aromatic rings. The largest absolute Gasteiger partial charge is 0.507 e. The van der Waals surface area contributed by atoms with Gasteiger partial charge < -0.3 is 10.8 Å². The molecule has 0 bridgehead atoms. The SMILES string of the molecule is Cc1ccccc1-c1cc(-c2c(O)ccc(F)c2N)n[nH]1. The minimum Gasteiger partial charge on any atom is -0.507 e. The van der Waals surface area contributed by atoms with Gasteiger partial charge >= 0.3 is 0 Å². The van der Waals surface area contributed by atoms with Crippen molar-refractivity contribution in [1.82, 2.24) is 10.2 Å². The molecule has 0 fully saturated rings. The van der Waals surface area contributed by atoms with Crippen molar-refractivity contribution < 1.29 is 9.50 Å². The van der Waals surface area contributed by atoms with Crippen LogP contribution in [0.1, 0.15) is 5.56 Å². The molecule has 1 heterocycles. The van der Waals surface area contributed by atoms with Gasteiger partial charge in [-0.25, -0.2) is 4.39 Å². The predicted molar refractivity (Wildman–Crippen MR) is 80.2 cm³/mol. The molecule has 0 saturated heterocycles. The summed E-state index contributed by atoms with van der Waals surface area (Å²) in [4.78, 5) is 0. The zero-order valence-corrected chi connectivity index (χ0v) is 11.4. The maximum absolute atomic E-state index is 13.6. The second kappa shape index (κ2) is 4.94. The van der Waals surface area contributed by atoms with Crippen LogP contribution < -0.4 is 5.73 Å². The molecule has 1 aromatic heterocycles. The third-order valence-electron chi connectivity index (χ3n) is 3.44. The van der Waals surface area contributed by atoms with Crippen LogP contribution in [0.15, 0.2) is 42.5 Å². The highest BCUT2D eigenvalue weighted by molar-refractivity contribution is 5.82. The predicted octanol–water partition coefficient (Wildman–Crippen LogP) is 3.48. The highest BCUT2D eigenvalue weighted by Crippen LogP contribution is 2.36. The molecule has 21 heavy (non-hydrogen) atoms. The normalized spacial score (nSPS) is 10.8. The van der Waals surface area contributed by atoms with Gasteiger partial charge in [-0.3, -0.25) is 5.10 Å². The van der Waals surface area contributed by atoms with Gasteiger partial charge in [-0.15, -0.1) is 0 Å². The number of aromatic nitrogens is 2. The number of anilines is 1. The Kier molecular flexibility index (Phi) is 3.10. The molecule has 106 valence electrons. The maximum Gasteiger partial charge on any atom is 0.147 e. The van der Waals surface area contributed by atoms with Crippen LogP contribution in [-0.2, 0) is 0 Å². The molecular weight excluding hydrogens is 269 g/mol. The summed E-state index contributed by atoms with van der Waals surface area (Å²) in [6.07, 6.45) is 0. The molecule has 0 amide bonds. The van der Waals surface area contributed by atoms with Crippen molar-refractivity contribution in [3.8, 4) is 28.3 Å². The van der Waals surface area contributed by atoms with Gasteiger partial charge in [0, 0.05) is 5.56 Å². The van der Waals surface area contributed by atoms with E-state index in [9.17, 15) is 9.50 Å². The van der Waals surface area contributed by atoms with E-state index in [-0.39, 0.29) is 17.0 Å². The van der Waals surface area contributed by atoms with Crippen LogP contribution in [0.3, 0.4) is 0 Å². The number of benzene rings is 2. The third-order valence-corrected chi connectivity index (χ3v) is 3.44. The second-order valence-electron chi connectivity index (χ2n) is 4.84. The summed E-state index contributed by atoms with van der Waals surface area (Å²) < 4.78 is 13.6. The number of aryl methyl sites for hydroxylation is 1. The van der Waals surface area contributed by atoms with Crippen LogP contribution in [0, 0.1) is 12.7 Å². The van der Waals surface area contributed by atoms with Crippen LogP contribution in [-0.4, -0.2) is 15.3 Å². The van der Waals surface area contributed by atoms with E-state index in [1.54, 1.807) is 6.07 Å². The average molecular weight is 283 g/mol. The Balaban J connectivity index is 2.12. The first-order valence-electron chi connectivity index (χ1n) is 6.46. The van der Waals surface area contributed by atoms with Gasteiger partial charge in [0.05, 0.1) is 22.6 Å². The van der Waals surface area contributed by atoms with E-state index >= 15 is 0 Å². The first-order chi connectivity index (χ1) is 10.1. The Hall–Kier alpha value is -2.82. The Morgan fingerprint density at radius 2 is 1.95 bits per heavy atom. The van der Waals surface area contributed by atoms with Gasteiger partial charge in [0.1, 0.15) is 11.6 Å². The molecule has 0 spiro atoms.